The summed E-state index contributed by atoms with van der Waals surface area (Å²) < 4.78 is 1.66. The zero-order valence-electron chi connectivity index (χ0n) is 10.0. The Morgan fingerprint density at radius 1 is 1.50 bits per heavy atom. The van der Waals surface area contributed by atoms with E-state index in [9.17, 15) is 4.79 Å². The van der Waals surface area contributed by atoms with Gasteiger partial charge in [-0.3, -0.25) is 4.79 Å². The fourth-order valence-corrected chi connectivity index (χ4v) is 2.54. The van der Waals surface area contributed by atoms with E-state index >= 15 is 0 Å². The highest BCUT2D eigenvalue weighted by Crippen LogP contribution is 2.26. The van der Waals surface area contributed by atoms with Crippen LogP contribution in [0.4, 0.5) is 0 Å². The summed E-state index contributed by atoms with van der Waals surface area (Å²) in [6, 6.07) is 4.07. The second-order valence-corrected chi connectivity index (χ2v) is 5.01. The Morgan fingerprint density at radius 2 is 2.33 bits per heavy atom. The number of aliphatic carboxylic acids is 1. The number of tetrazole rings is 1. The SMILES string of the molecule is CCc1ccc(-c2nnnn2CCCC(=O)O)s1. The number of rotatable bonds is 6. The maximum absolute atomic E-state index is 10.5. The Kier molecular flexibility index (Phi) is 4.03. The number of carboxylic acids is 1. The van der Waals surface area contributed by atoms with Crippen molar-refractivity contribution in [2.75, 3.05) is 0 Å². The number of aromatic nitrogens is 4. The number of nitrogens with zero attached hydrogens (tertiary/aromatic N) is 4. The molecule has 0 amide bonds. The molecule has 2 aromatic rings. The highest BCUT2D eigenvalue weighted by molar-refractivity contribution is 7.15. The number of hydrogen-bond donors (Lipinski definition) is 1. The average molecular weight is 266 g/mol. The van der Waals surface area contributed by atoms with Crippen LogP contribution in [0.25, 0.3) is 10.7 Å². The molecule has 0 unspecified atom stereocenters. The molecule has 2 aromatic heterocycles. The summed E-state index contributed by atoms with van der Waals surface area (Å²) in [5, 5.41) is 20.1. The lowest BCUT2D eigenvalue weighted by Gasteiger charge is -2.01. The van der Waals surface area contributed by atoms with Crippen molar-refractivity contribution in [3.63, 3.8) is 0 Å². The first kappa shape index (κ1) is 12.7. The predicted molar refractivity (Wildman–Crippen MR) is 67.4 cm³/mol. The van der Waals surface area contributed by atoms with Crippen molar-refractivity contribution in [2.45, 2.75) is 32.7 Å². The summed E-state index contributed by atoms with van der Waals surface area (Å²) in [5.41, 5.74) is 0. The molecule has 0 fully saturated rings. The first-order valence-electron chi connectivity index (χ1n) is 5.77. The van der Waals surface area contributed by atoms with Gasteiger partial charge in [0.1, 0.15) is 0 Å². The van der Waals surface area contributed by atoms with E-state index < -0.39 is 5.97 Å². The standard InChI is InChI=1S/C11H14N4O2S/c1-2-8-5-6-9(18-8)11-12-13-14-15(11)7-3-4-10(16)17/h5-6H,2-4,7H2,1H3,(H,16,17). The van der Waals surface area contributed by atoms with Gasteiger partial charge in [-0.25, -0.2) is 4.68 Å². The molecule has 2 rings (SSSR count). The normalized spacial score (nSPS) is 10.7. The number of hydrogen-bond acceptors (Lipinski definition) is 5. The van der Waals surface area contributed by atoms with Crippen LogP contribution in [0.2, 0.25) is 0 Å². The van der Waals surface area contributed by atoms with Crippen LogP contribution < -0.4 is 0 Å². The summed E-state index contributed by atoms with van der Waals surface area (Å²) in [6.07, 6.45) is 1.65. The molecule has 0 bridgehead atoms. The Labute approximate surface area is 108 Å². The van der Waals surface area contributed by atoms with Crippen molar-refractivity contribution in [3.05, 3.63) is 17.0 Å². The van der Waals surface area contributed by atoms with Crippen molar-refractivity contribution in [1.29, 1.82) is 0 Å². The molecule has 0 radical (unpaired) electrons. The van der Waals surface area contributed by atoms with Crippen LogP contribution in [0.1, 0.15) is 24.6 Å². The third kappa shape index (κ3) is 2.92. The Bertz CT molecular complexity index is 535. The van der Waals surface area contributed by atoms with E-state index in [0.29, 0.717) is 18.8 Å². The molecule has 0 saturated carbocycles. The van der Waals surface area contributed by atoms with E-state index in [1.54, 1.807) is 16.0 Å². The number of carboxylic acid groups (broad SMARTS) is 1. The van der Waals surface area contributed by atoms with Crippen LogP contribution in [0.3, 0.4) is 0 Å². The lowest BCUT2D eigenvalue weighted by atomic mass is 10.3. The molecule has 0 spiro atoms. The van der Waals surface area contributed by atoms with Crippen LogP contribution in [-0.4, -0.2) is 31.3 Å². The monoisotopic (exact) mass is 266 g/mol. The minimum Gasteiger partial charge on any atom is -0.481 e. The zero-order chi connectivity index (χ0) is 13.0. The van der Waals surface area contributed by atoms with Crippen molar-refractivity contribution in [3.8, 4) is 10.7 Å². The van der Waals surface area contributed by atoms with Gasteiger partial charge in [0.2, 0.25) is 0 Å². The molecule has 0 aromatic carbocycles. The van der Waals surface area contributed by atoms with Gasteiger partial charge in [-0.2, -0.15) is 0 Å². The summed E-state index contributed by atoms with van der Waals surface area (Å²) in [6.45, 7) is 2.62. The maximum atomic E-state index is 10.5. The Morgan fingerprint density at radius 3 is 3.00 bits per heavy atom. The van der Waals surface area contributed by atoms with E-state index in [1.807, 2.05) is 6.07 Å². The number of carbonyl (C=O) groups is 1. The van der Waals surface area contributed by atoms with Gasteiger partial charge >= 0.3 is 5.97 Å². The smallest absolute Gasteiger partial charge is 0.303 e. The second kappa shape index (κ2) is 5.72. The summed E-state index contributed by atoms with van der Waals surface area (Å²) in [4.78, 5) is 12.8. The van der Waals surface area contributed by atoms with Gasteiger partial charge in [-0.05, 0) is 35.4 Å². The third-order valence-electron chi connectivity index (χ3n) is 2.52. The average Bonchev–Trinajstić information content (AvgIpc) is 2.95. The van der Waals surface area contributed by atoms with Crippen LogP contribution in [0.15, 0.2) is 12.1 Å². The minimum atomic E-state index is -0.797. The third-order valence-corrected chi connectivity index (χ3v) is 3.75. The van der Waals surface area contributed by atoms with Gasteiger partial charge in [0.15, 0.2) is 5.82 Å². The van der Waals surface area contributed by atoms with Crippen LogP contribution >= 0.6 is 11.3 Å². The Hall–Kier alpha value is -1.76. The van der Waals surface area contributed by atoms with Crippen molar-refractivity contribution in [2.24, 2.45) is 0 Å². The zero-order valence-corrected chi connectivity index (χ0v) is 10.9. The molecule has 7 heteroatoms. The molecule has 0 aliphatic rings. The minimum absolute atomic E-state index is 0.129. The van der Waals surface area contributed by atoms with E-state index in [-0.39, 0.29) is 6.42 Å². The summed E-state index contributed by atoms with van der Waals surface area (Å²) in [5.74, 6) is -0.0842. The lowest BCUT2D eigenvalue weighted by molar-refractivity contribution is -0.137. The van der Waals surface area contributed by atoms with Gasteiger partial charge in [0.05, 0.1) is 4.88 Å². The molecular weight excluding hydrogens is 252 g/mol. The van der Waals surface area contributed by atoms with Gasteiger partial charge < -0.3 is 5.11 Å². The first-order valence-corrected chi connectivity index (χ1v) is 6.59. The quantitative estimate of drug-likeness (QED) is 0.862. The second-order valence-electron chi connectivity index (χ2n) is 3.84. The fourth-order valence-electron chi connectivity index (χ4n) is 1.60. The molecule has 6 nitrogen and oxygen atoms in total. The van der Waals surface area contributed by atoms with Gasteiger partial charge in [-0.15, -0.1) is 16.4 Å². The van der Waals surface area contributed by atoms with Crippen molar-refractivity contribution >= 4 is 17.3 Å². The molecule has 2 heterocycles. The van der Waals surface area contributed by atoms with Crippen molar-refractivity contribution < 1.29 is 9.90 Å². The van der Waals surface area contributed by atoms with Gasteiger partial charge in [0, 0.05) is 17.8 Å². The van der Waals surface area contributed by atoms with Crippen LogP contribution in [-0.2, 0) is 17.8 Å². The van der Waals surface area contributed by atoms with Crippen LogP contribution in [0, 0.1) is 0 Å². The van der Waals surface area contributed by atoms with E-state index in [2.05, 4.69) is 28.5 Å². The molecule has 1 N–H and O–H groups in total. The van der Waals surface area contributed by atoms with E-state index in [0.717, 1.165) is 11.3 Å². The molecule has 96 valence electrons. The maximum Gasteiger partial charge on any atom is 0.303 e. The highest BCUT2D eigenvalue weighted by Gasteiger charge is 2.11. The molecule has 0 atom stereocenters. The lowest BCUT2D eigenvalue weighted by Crippen LogP contribution is -2.05. The molecular formula is C11H14N4O2S. The first-order chi connectivity index (χ1) is 8.70. The topological polar surface area (TPSA) is 80.9 Å². The van der Waals surface area contributed by atoms with Crippen LogP contribution in [0.5, 0.6) is 0 Å². The summed E-state index contributed by atoms with van der Waals surface area (Å²) >= 11 is 1.66. The summed E-state index contributed by atoms with van der Waals surface area (Å²) in [7, 11) is 0. The Balaban J connectivity index is 2.09. The molecule has 0 aliphatic carbocycles. The fraction of sp³-hybridized carbons (Fsp3) is 0.455. The van der Waals surface area contributed by atoms with Gasteiger partial charge in [0.25, 0.3) is 0 Å². The predicted octanol–water partition coefficient (Wildman–Crippen LogP) is 1.83. The number of thiophene rings is 1. The van der Waals surface area contributed by atoms with E-state index in [4.69, 9.17) is 5.11 Å². The van der Waals surface area contributed by atoms with E-state index in [1.165, 1.54) is 4.88 Å². The molecule has 18 heavy (non-hydrogen) atoms. The van der Waals surface area contributed by atoms with Crippen molar-refractivity contribution in [1.82, 2.24) is 20.2 Å². The molecule has 0 aliphatic heterocycles. The molecule has 0 saturated heterocycles. The van der Waals surface area contributed by atoms with Gasteiger partial charge in [-0.1, -0.05) is 6.92 Å². The number of aryl methyl sites for hydroxylation is 2. The highest BCUT2D eigenvalue weighted by atomic mass is 32.1. The largest absolute Gasteiger partial charge is 0.481 e.